The molecular weight excluding hydrogens is 369 g/mol. The zero-order valence-electron chi connectivity index (χ0n) is 14.4. The van der Waals surface area contributed by atoms with Gasteiger partial charge in [0, 0.05) is 6.54 Å². The van der Waals surface area contributed by atoms with E-state index in [4.69, 9.17) is 5.73 Å². The van der Waals surface area contributed by atoms with Gasteiger partial charge >= 0.3 is 0 Å². The first-order valence-corrected chi connectivity index (χ1v) is 10.1. The number of aromatic nitrogens is 3. The molecule has 0 saturated carbocycles. The number of hydrogen-bond donors (Lipinski definition) is 1. The molecule has 4 rings (SSSR count). The quantitative estimate of drug-likeness (QED) is 0.741. The molecule has 0 amide bonds. The van der Waals surface area contributed by atoms with Crippen LogP contribution in [0.1, 0.15) is 31.0 Å². The lowest BCUT2D eigenvalue weighted by Crippen LogP contribution is -2.38. The highest BCUT2D eigenvalue weighted by Gasteiger charge is 2.35. The fraction of sp³-hybridized carbons (Fsp3) is 0.278. The van der Waals surface area contributed by atoms with Crippen LogP contribution in [0.3, 0.4) is 0 Å². The van der Waals surface area contributed by atoms with Gasteiger partial charge in [0.05, 0.1) is 22.0 Å². The summed E-state index contributed by atoms with van der Waals surface area (Å²) >= 11 is 0. The van der Waals surface area contributed by atoms with E-state index < -0.39 is 21.9 Å². The Bertz CT molecular complexity index is 1090. The van der Waals surface area contributed by atoms with Crippen molar-refractivity contribution in [3.8, 4) is 0 Å². The molecule has 27 heavy (non-hydrogen) atoms. The molecule has 0 spiro atoms. The SMILES string of the molecule is Nc1ncnc2nc([C@H]3CCCCN3S(=O)(=O)c3ccc(F)cc3)ccc12. The van der Waals surface area contributed by atoms with Gasteiger partial charge in [-0.15, -0.1) is 0 Å². The van der Waals surface area contributed by atoms with E-state index in [1.807, 2.05) is 0 Å². The second-order valence-electron chi connectivity index (χ2n) is 6.45. The van der Waals surface area contributed by atoms with E-state index in [2.05, 4.69) is 15.0 Å². The highest BCUT2D eigenvalue weighted by Crippen LogP contribution is 2.35. The largest absolute Gasteiger partial charge is 0.383 e. The number of rotatable bonds is 3. The van der Waals surface area contributed by atoms with Gasteiger partial charge < -0.3 is 5.73 Å². The number of nitrogens with two attached hydrogens (primary N) is 1. The van der Waals surface area contributed by atoms with Crippen LogP contribution in [0.5, 0.6) is 0 Å². The van der Waals surface area contributed by atoms with Crippen molar-refractivity contribution in [3.05, 3.63) is 54.2 Å². The molecule has 1 atom stereocenters. The number of anilines is 1. The second-order valence-corrected chi connectivity index (χ2v) is 8.34. The Morgan fingerprint density at radius 2 is 1.85 bits per heavy atom. The fourth-order valence-corrected chi connectivity index (χ4v) is 5.06. The molecule has 3 heterocycles. The molecule has 0 radical (unpaired) electrons. The van der Waals surface area contributed by atoms with Crippen LogP contribution < -0.4 is 5.73 Å². The predicted molar refractivity (Wildman–Crippen MR) is 98.6 cm³/mol. The Balaban J connectivity index is 1.75. The highest BCUT2D eigenvalue weighted by molar-refractivity contribution is 7.89. The number of nitrogens with zero attached hydrogens (tertiary/aromatic N) is 4. The molecule has 3 aromatic rings. The monoisotopic (exact) mass is 387 g/mol. The molecule has 9 heteroatoms. The molecule has 0 aliphatic carbocycles. The van der Waals surface area contributed by atoms with Crippen molar-refractivity contribution < 1.29 is 12.8 Å². The third-order valence-electron chi connectivity index (χ3n) is 4.76. The van der Waals surface area contributed by atoms with E-state index in [1.54, 1.807) is 12.1 Å². The smallest absolute Gasteiger partial charge is 0.243 e. The molecule has 1 aliphatic rings. The van der Waals surface area contributed by atoms with Crippen molar-refractivity contribution in [2.24, 2.45) is 0 Å². The zero-order valence-corrected chi connectivity index (χ0v) is 15.2. The Morgan fingerprint density at radius 3 is 2.63 bits per heavy atom. The predicted octanol–water partition coefficient (Wildman–Crippen LogP) is 2.66. The Hall–Kier alpha value is -2.65. The second kappa shape index (κ2) is 6.82. The van der Waals surface area contributed by atoms with Gasteiger partial charge in [-0.05, 0) is 49.2 Å². The van der Waals surface area contributed by atoms with Gasteiger partial charge in [-0.3, -0.25) is 0 Å². The third-order valence-corrected chi connectivity index (χ3v) is 6.69. The van der Waals surface area contributed by atoms with Crippen LogP contribution in [0.15, 0.2) is 47.6 Å². The molecule has 0 unspecified atom stereocenters. The highest BCUT2D eigenvalue weighted by atomic mass is 32.2. The number of hydrogen-bond acceptors (Lipinski definition) is 6. The average molecular weight is 387 g/mol. The van der Waals surface area contributed by atoms with Gasteiger partial charge in [0.25, 0.3) is 0 Å². The molecule has 1 aliphatic heterocycles. The molecule has 1 fully saturated rings. The van der Waals surface area contributed by atoms with E-state index in [0.717, 1.165) is 25.0 Å². The third kappa shape index (κ3) is 3.24. The molecule has 2 aromatic heterocycles. The van der Waals surface area contributed by atoms with Crippen LogP contribution in [0.2, 0.25) is 0 Å². The van der Waals surface area contributed by atoms with Crippen molar-refractivity contribution in [3.63, 3.8) is 0 Å². The van der Waals surface area contributed by atoms with Crippen LogP contribution in [-0.4, -0.2) is 34.2 Å². The van der Waals surface area contributed by atoms with Gasteiger partial charge in [-0.25, -0.2) is 27.8 Å². The summed E-state index contributed by atoms with van der Waals surface area (Å²) in [4.78, 5) is 12.7. The number of pyridine rings is 1. The maximum Gasteiger partial charge on any atom is 0.243 e. The summed E-state index contributed by atoms with van der Waals surface area (Å²) in [6.07, 6.45) is 3.65. The lowest BCUT2D eigenvalue weighted by atomic mass is 10.0. The standard InChI is InChI=1S/C18H18FN5O2S/c19-12-4-6-13(7-5-12)27(25,26)24-10-2-1-3-16(24)15-9-8-14-17(20)21-11-22-18(14)23-15/h4-9,11,16H,1-3,10H2,(H2,20,21,22,23)/t16-/m1/s1. The first kappa shape index (κ1) is 17.7. The number of sulfonamides is 1. The van der Waals surface area contributed by atoms with Gasteiger partial charge in [-0.1, -0.05) is 6.42 Å². The number of nitrogen functional groups attached to an aromatic ring is 1. The first-order valence-electron chi connectivity index (χ1n) is 8.61. The topological polar surface area (TPSA) is 102 Å². The minimum Gasteiger partial charge on any atom is -0.383 e. The van der Waals surface area contributed by atoms with E-state index >= 15 is 0 Å². The Labute approximate surface area is 156 Å². The van der Waals surface area contributed by atoms with E-state index in [-0.39, 0.29) is 4.90 Å². The lowest BCUT2D eigenvalue weighted by molar-refractivity contribution is 0.252. The summed E-state index contributed by atoms with van der Waals surface area (Å²) < 4.78 is 40.9. The van der Waals surface area contributed by atoms with Crippen molar-refractivity contribution in [2.45, 2.75) is 30.2 Å². The number of halogens is 1. The average Bonchev–Trinajstić information content (AvgIpc) is 2.68. The van der Waals surface area contributed by atoms with Crippen LogP contribution in [0, 0.1) is 5.82 Å². The van der Waals surface area contributed by atoms with Crippen LogP contribution >= 0.6 is 0 Å². The molecule has 2 N–H and O–H groups in total. The maximum atomic E-state index is 13.2. The molecule has 7 nitrogen and oxygen atoms in total. The molecule has 1 saturated heterocycles. The number of piperidine rings is 1. The summed E-state index contributed by atoms with van der Waals surface area (Å²) in [5.41, 5.74) is 6.89. The van der Waals surface area contributed by atoms with Gasteiger partial charge in [0.1, 0.15) is 18.0 Å². The van der Waals surface area contributed by atoms with E-state index in [9.17, 15) is 12.8 Å². The zero-order chi connectivity index (χ0) is 19.0. The van der Waals surface area contributed by atoms with Gasteiger partial charge in [-0.2, -0.15) is 4.31 Å². The molecular formula is C18H18FN5O2S. The van der Waals surface area contributed by atoms with Crippen molar-refractivity contribution in [2.75, 3.05) is 12.3 Å². The van der Waals surface area contributed by atoms with E-state index in [1.165, 1.54) is 22.8 Å². The first-order chi connectivity index (χ1) is 13.0. The van der Waals surface area contributed by atoms with Crippen LogP contribution in [0.4, 0.5) is 10.2 Å². The summed E-state index contributed by atoms with van der Waals surface area (Å²) in [5.74, 6) is -0.143. The minimum atomic E-state index is -3.77. The lowest BCUT2D eigenvalue weighted by Gasteiger charge is -2.34. The normalized spacial score (nSPS) is 18.6. The van der Waals surface area contributed by atoms with E-state index in [0.29, 0.717) is 35.5 Å². The number of fused-ring (bicyclic) bond motifs is 1. The van der Waals surface area contributed by atoms with Gasteiger partial charge in [0.15, 0.2) is 5.65 Å². The molecule has 1 aromatic carbocycles. The van der Waals surface area contributed by atoms with Crippen molar-refractivity contribution in [1.29, 1.82) is 0 Å². The van der Waals surface area contributed by atoms with Gasteiger partial charge in [0.2, 0.25) is 10.0 Å². The summed E-state index contributed by atoms with van der Waals surface area (Å²) in [7, 11) is -3.77. The molecule has 0 bridgehead atoms. The maximum absolute atomic E-state index is 13.2. The summed E-state index contributed by atoms with van der Waals surface area (Å²) in [5, 5.41) is 0.630. The summed E-state index contributed by atoms with van der Waals surface area (Å²) in [6.45, 7) is 0.385. The minimum absolute atomic E-state index is 0.0724. The number of benzene rings is 1. The van der Waals surface area contributed by atoms with Crippen LogP contribution in [-0.2, 0) is 10.0 Å². The fourth-order valence-electron chi connectivity index (χ4n) is 3.39. The summed E-state index contributed by atoms with van der Waals surface area (Å²) in [6, 6.07) is 8.01. The Kier molecular flexibility index (Phi) is 4.48. The van der Waals surface area contributed by atoms with Crippen molar-refractivity contribution in [1.82, 2.24) is 19.3 Å². The molecule has 140 valence electrons. The Morgan fingerprint density at radius 1 is 1.07 bits per heavy atom. The van der Waals surface area contributed by atoms with Crippen LogP contribution in [0.25, 0.3) is 11.0 Å². The van der Waals surface area contributed by atoms with Crippen molar-refractivity contribution >= 4 is 26.9 Å².